The molecule has 126 valence electrons. The molecule has 3 rings (SSSR count). The molecule has 6 heteroatoms. The topological polar surface area (TPSA) is 75.4 Å². The number of aromatic nitrogens is 2. The van der Waals surface area contributed by atoms with Crippen LogP contribution in [0.5, 0.6) is 0 Å². The molecule has 1 atom stereocenters. The molecule has 0 radical (unpaired) electrons. The van der Waals surface area contributed by atoms with Gasteiger partial charge < -0.3 is 10.0 Å². The van der Waals surface area contributed by atoms with Gasteiger partial charge >= 0.3 is 5.97 Å². The number of carbonyl (C=O) groups is 2. The van der Waals surface area contributed by atoms with Crippen molar-refractivity contribution in [1.82, 2.24) is 14.7 Å². The Hall–Kier alpha value is -1.85. The third kappa shape index (κ3) is 2.99. The summed E-state index contributed by atoms with van der Waals surface area (Å²) in [5, 5.41) is 13.9. The minimum Gasteiger partial charge on any atom is -0.481 e. The highest BCUT2D eigenvalue weighted by Gasteiger charge is 2.43. The van der Waals surface area contributed by atoms with Crippen LogP contribution in [0, 0.1) is 5.41 Å². The zero-order chi connectivity index (χ0) is 16.6. The van der Waals surface area contributed by atoms with Crippen molar-refractivity contribution in [1.29, 1.82) is 0 Å². The van der Waals surface area contributed by atoms with Crippen LogP contribution in [-0.2, 0) is 11.8 Å². The van der Waals surface area contributed by atoms with E-state index in [0.29, 0.717) is 24.4 Å². The maximum absolute atomic E-state index is 12.9. The fourth-order valence-corrected chi connectivity index (χ4v) is 3.83. The molecule has 1 aliphatic heterocycles. The number of aliphatic carboxylic acids is 1. The average Bonchev–Trinajstić information content (AvgIpc) is 3.12. The first-order valence-corrected chi connectivity index (χ1v) is 8.47. The minimum absolute atomic E-state index is 0.0661. The summed E-state index contributed by atoms with van der Waals surface area (Å²) in [7, 11) is 1.84. The Balaban J connectivity index is 1.82. The Kier molecular flexibility index (Phi) is 4.17. The smallest absolute Gasteiger partial charge is 0.311 e. The van der Waals surface area contributed by atoms with E-state index >= 15 is 0 Å². The maximum atomic E-state index is 12.9. The first kappa shape index (κ1) is 16.0. The van der Waals surface area contributed by atoms with E-state index in [1.165, 1.54) is 19.3 Å². The molecule has 2 heterocycles. The predicted octanol–water partition coefficient (Wildman–Crippen LogP) is 2.40. The number of nitrogens with zero attached hydrogens (tertiary/aromatic N) is 3. The fraction of sp³-hybridized carbons (Fsp3) is 0.706. The molecular formula is C17H25N3O3. The van der Waals surface area contributed by atoms with Gasteiger partial charge in [0.25, 0.3) is 5.91 Å². The first-order valence-electron chi connectivity index (χ1n) is 8.47. The Labute approximate surface area is 136 Å². The fourth-order valence-electron chi connectivity index (χ4n) is 3.83. The normalized spacial score (nSPS) is 25.7. The summed E-state index contributed by atoms with van der Waals surface area (Å²) in [6.45, 7) is 2.49. The van der Waals surface area contributed by atoms with Crippen molar-refractivity contribution in [3.63, 3.8) is 0 Å². The van der Waals surface area contributed by atoms with Crippen LogP contribution < -0.4 is 0 Å². The predicted molar refractivity (Wildman–Crippen MR) is 85.3 cm³/mol. The lowest BCUT2D eigenvalue weighted by atomic mass is 9.85. The van der Waals surface area contributed by atoms with Crippen molar-refractivity contribution in [3.05, 3.63) is 17.5 Å². The van der Waals surface area contributed by atoms with Crippen LogP contribution in [0.2, 0.25) is 0 Å². The minimum atomic E-state index is -0.830. The zero-order valence-corrected chi connectivity index (χ0v) is 13.9. The third-order valence-corrected chi connectivity index (χ3v) is 5.36. The van der Waals surface area contributed by atoms with Gasteiger partial charge in [0.1, 0.15) is 0 Å². The Morgan fingerprint density at radius 2 is 2.00 bits per heavy atom. The Morgan fingerprint density at radius 3 is 2.61 bits per heavy atom. The van der Waals surface area contributed by atoms with Crippen molar-refractivity contribution < 1.29 is 14.7 Å². The molecule has 6 nitrogen and oxygen atoms in total. The van der Waals surface area contributed by atoms with E-state index in [2.05, 4.69) is 5.10 Å². The SMILES string of the molecule is Cn1cc(C(=O)N2CCC(C)(C(=O)O)C2)c(C2CCCCC2)n1. The average molecular weight is 319 g/mol. The molecule has 2 fully saturated rings. The standard InChI is InChI=1S/C17H25N3O3/c1-17(16(22)23)8-9-20(11-17)15(21)13-10-19(2)18-14(13)12-6-4-3-5-7-12/h10,12H,3-9,11H2,1-2H3,(H,22,23). The quantitative estimate of drug-likeness (QED) is 0.928. The number of hydrogen-bond acceptors (Lipinski definition) is 3. The van der Waals surface area contributed by atoms with Gasteiger partial charge in [-0.2, -0.15) is 5.10 Å². The molecule has 1 N–H and O–H groups in total. The summed E-state index contributed by atoms with van der Waals surface area (Å²) in [5.41, 5.74) is 0.734. The van der Waals surface area contributed by atoms with E-state index in [9.17, 15) is 14.7 Å². The number of carbonyl (C=O) groups excluding carboxylic acids is 1. The van der Waals surface area contributed by atoms with Gasteiger partial charge in [-0.15, -0.1) is 0 Å². The first-order chi connectivity index (χ1) is 10.9. The van der Waals surface area contributed by atoms with E-state index in [4.69, 9.17) is 0 Å². The molecule has 1 saturated heterocycles. The number of likely N-dealkylation sites (tertiary alicyclic amines) is 1. The molecule has 0 bridgehead atoms. The third-order valence-electron chi connectivity index (χ3n) is 5.36. The molecule has 1 aliphatic carbocycles. The summed E-state index contributed by atoms with van der Waals surface area (Å²) in [5.74, 6) is -0.535. The van der Waals surface area contributed by atoms with E-state index in [-0.39, 0.29) is 12.5 Å². The van der Waals surface area contributed by atoms with Crippen molar-refractivity contribution in [2.45, 2.75) is 51.4 Å². The van der Waals surface area contributed by atoms with Crippen LogP contribution >= 0.6 is 0 Å². The highest BCUT2D eigenvalue weighted by molar-refractivity contribution is 5.96. The summed E-state index contributed by atoms with van der Waals surface area (Å²) in [4.78, 5) is 26.0. The molecule has 23 heavy (non-hydrogen) atoms. The number of hydrogen-bond donors (Lipinski definition) is 1. The lowest BCUT2D eigenvalue weighted by Crippen LogP contribution is -2.35. The van der Waals surface area contributed by atoms with Gasteiger partial charge in [-0.1, -0.05) is 19.3 Å². The van der Waals surface area contributed by atoms with Gasteiger partial charge in [0.05, 0.1) is 16.7 Å². The number of amides is 1. The number of rotatable bonds is 3. The van der Waals surface area contributed by atoms with Gasteiger partial charge in [0.15, 0.2) is 0 Å². The summed E-state index contributed by atoms with van der Waals surface area (Å²) in [6, 6.07) is 0. The van der Waals surface area contributed by atoms with Gasteiger partial charge in [-0.3, -0.25) is 14.3 Å². The van der Waals surface area contributed by atoms with Gasteiger partial charge in [-0.25, -0.2) is 0 Å². The molecule has 1 unspecified atom stereocenters. The van der Waals surface area contributed by atoms with Crippen LogP contribution in [0.25, 0.3) is 0 Å². The van der Waals surface area contributed by atoms with Gasteiger partial charge in [0.2, 0.25) is 0 Å². The Morgan fingerprint density at radius 1 is 1.30 bits per heavy atom. The van der Waals surface area contributed by atoms with Crippen LogP contribution in [0.1, 0.15) is 67.4 Å². The van der Waals surface area contributed by atoms with Crippen molar-refractivity contribution in [2.75, 3.05) is 13.1 Å². The molecule has 0 spiro atoms. The largest absolute Gasteiger partial charge is 0.481 e. The molecule has 1 amide bonds. The monoisotopic (exact) mass is 319 g/mol. The second kappa shape index (κ2) is 5.98. The van der Waals surface area contributed by atoms with Crippen LogP contribution in [-0.4, -0.2) is 44.8 Å². The summed E-state index contributed by atoms with van der Waals surface area (Å²) >= 11 is 0. The molecular weight excluding hydrogens is 294 g/mol. The second-order valence-electron chi connectivity index (χ2n) is 7.28. The van der Waals surface area contributed by atoms with Crippen LogP contribution in [0.15, 0.2) is 6.20 Å². The van der Waals surface area contributed by atoms with Crippen LogP contribution in [0.4, 0.5) is 0 Å². The Bertz CT molecular complexity index is 619. The van der Waals surface area contributed by atoms with Gasteiger partial charge in [-0.05, 0) is 26.2 Å². The lowest BCUT2D eigenvalue weighted by Gasteiger charge is -2.23. The molecule has 1 aromatic rings. The van der Waals surface area contributed by atoms with E-state index in [1.807, 2.05) is 7.05 Å². The van der Waals surface area contributed by atoms with Crippen molar-refractivity contribution in [2.24, 2.45) is 12.5 Å². The number of carboxylic acids is 1. The lowest BCUT2D eigenvalue weighted by molar-refractivity contribution is -0.147. The van der Waals surface area contributed by atoms with E-state index < -0.39 is 11.4 Å². The van der Waals surface area contributed by atoms with E-state index in [0.717, 1.165) is 18.5 Å². The van der Waals surface area contributed by atoms with E-state index in [1.54, 1.807) is 22.7 Å². The molecule has 0 aromatic carbocycles. The van der Waals surface area contributed by atoms with Crippen molar-refractivity contribution >= 4 is 11.9 Å². The zero-order valence-electron chi connectivity index (χ0n) is 13.9. The van der Waals surface area contributed by atoms with Crippen LogP contribution in [0.3, 0.4) is 0 Å². The number of carboxylic acid groups (broad SMARTS) is 1. The second-order valence-corrected chi connectivity index (χ2v) is 7.28. The summed E-state index contributed by atoms with van der Waals surface area (Å²) in [6.07, 6.45) is 8.12. The molecule has 2 aliphatic rings. The highest BCUT2D eigenvalue weighted by atomic mass is 16.4. The van der Waals surface area contributed by atoms with Gasteiger partial charge in [0, 0.05) is 32.3 Å². The number of aryl methyl sites for hydroxylation is 1. The molecule has 1 saturated carbocycles. The summed E-state index contributed by atoms with van der Waals surface area (Å²) < 4.78 is 1.71. The highest BCUT2D eigenvalue weighted by Crippen LogP contribution is 2.35. The maximum Gasteiger partial charge on any atom is 0.311 e. The van der Waals surface area contributed by atoms with Crippen molar-refractivity contribution in [3.8, 4) is 0 Å². The molecule has 1 aromatic heterocycles.